The summed E-state index contributed by atoms with van der Waals surface area (Å²) in [7, 11) is 12.2. The summed E-state index contributed by atoms with van der Waals surface area (Å²) in [6.45, 7) is 16.6. The van der Waals surface area contributed by atoms with Crippen molar-refractivity contribution in [3.63, 3.8) is 0 Å². The number of hydrogen-bond donors (Lipinski definition) is 14. The molecule has 8 amide bonds. The Kier molecular flexibility index (Phi) is 33.3. The highest BCUT2D eigenvalue weighted by molar-refractivity contribution is 6.00. The van der Waals surface area contributed by atoms with Crippen molar-refractivity contribution in [2.45, 2.75) is 242 Å². The first kappa shape index (κ1) is 99.6. The fraction of sp³-hybridized carbons (Fsp3) is 0.543. The fourth-order valence-corrected chi connectivity index (χ4v) is 18.0. The predicted octanol–water partition coefficient (Wildman–Crippen LogP) is 4.86. The fourth-order valence-electron chi connectivity index (χ4n) is 18.0. The van der Waals surface area contributed by atoms with Crippen molar-refractivity contribution in [3.05, 3.63) is 118 Å². The second-order valence-electron chi connectivity index (χ2n) is 34.2. The zero-order valence-electron chi connectivity index (χ0n) is 76.7. The van der Waals surface area contributed by atoms with E-state index in [1.54, 1.807) is 127 Å². The van der Waals surface area contributed by atoms with Gasteiger partial charge in [-0.2, -0.15) is 0 Å². The maximum Gasteiger partial charge on any atom is 0.302 e. The van der Waals surface area contributed by atoms with Gasteiger partial charge in [-0.05, 0) is 217 Å². The molecule has 4 aromatic heterocycles. The molecule has 0 aliphatic carbocycles. The molecule has 34 nitrogen and oxygen atoms in total. The van der Waals surface area contributed by atoms with E-state index < -0.39 is 204 Å². The van der Waals surface area contributed by atoms with Crippen LogP contribution in [0.4, 0.5) is 17.6 Å². The van der Waals surface area contributed by atoms with Crippen LogP contribution in [0.2, 0.25) is 0 Å². The van der Waals surface area contributed by atoms with Gasteiger partial charge in [0.15, 0.2) is 0 Å². The first-order chi connectivity index (χ1) is 61.8. The molecular weight excluding hydrogens is 1690 g/mol. The number of carbonyl (C=O) groups excluding carboxylic acids is 10. The van der Waals surface area contributed by atoms with E-state index in [0.717, 1.165) is 0 Å². The number of aliphatic hydroxyl groups is 2. The zero-order valence-corrected chi connectivity index (χ0v) is 76.7. The third-order valence-corrected chi connectivity index (χ3v) is 26.3. The van der Waals surface area contributed by atoms with E-state index in [4.69, 9.17) is 28.4 Å². The smallest absolute Gasteiger partial charge is 0.302 e. The Hall–Kier alpha value is -10.9. The van der Waals surface area contributed by atoms with Crippen LogP contribution in [-0.4, -0.2) is 313 Å². The number of likely N-dealkylation sites (tertiary alicyclic amines) is 4. The Morgan fingerprint density at radius 2 is 0.577 bits per heavy atom. The second-order valence-corrected chi connectivity index (χ2v) is 34.2. The number of aromatic amines is 4. The summed E-state index contributed by atoms with van der Waals surface area (Å²) in [5.74, 6) is -6.69. The molecule has 8 heterocycles. The van der Waals surface area contributed by atoms with Gasteiger partial charge in [-0.25, -0.2) is 17.6 Å². The van der Waals surface area contributed by atoms with E-state index in [1.807, 2.05) is 0 Å². The third kappa shape index (κ3) is 21.8. The first-order valence-electron chi connectivity index (χ1n) is 44.0. The van der Waals surface area contributed by atoms with Crippen molar-refractivity contribution in [3.8, 4) is 22.8 Å². The SMILES string of the molecule is CN[C@@H](C)C(=O)N[C@H](C(=O)N1CC[C@H](O)[C@H]1Cc1c(-c2[nH]c3cc(F)ccc3c2C[C@@H]2[C@@H](O)CCN2C(=O)[C@@H](NC(=O)[C@H](C)NC)[C@@H](C)OC)[nH]c2cc(F)ccc12)[C@@H](C)OC.CN[C@@H](C)C(=O)N[C@H](C(=O)N1CC[C@H](OC(C)=O)[C@H]1Cc1c(-c2[nH]c3cc(F)ccc3c2C[C@@H]2[C@@H](OC(C)=O)CCN2C(=O)[C@@H](NC(=O)[C@H](C)NC)[C@@H](C)OC)[nH]c2cc(F)ccc12)[C@@H](C)OC. The number of aliphatic hydroxyl groups excluding tert-OH is 2. The zero-order chi connectivity index (χ0) is 94.9. The van der Waals surface area contributed by atoms with Gasteiger partial charge in [0.05, 0.1) is 108 Å². The van der Waals surface area contributed by atoms with E-state index in [-0.39, 0.29) is 77.5 Å². The summed E-state index contributed by atoms with van der Waals surface area (Å²) >= 11 is 0. The molecule has 14 N–H and O–H groups in total. The quantitative estimate of drug-likeness (QED) is 0.0184. The minimum atomic E-state index is -1.12. The highest BCUT2D eigenvalue weighted by Crippen LogP contribution is 2.44. The summed E-state index contributed by atoms with van der Waals surface area (Å²) in [5.41, 5.74) is 5.89. The van der Waals surface area contributed by atoms with Gasteiger partial charge in [0.2, 0.25) is 47.3 Å². The largest absolute Gasteiger partial charge is 0.460 e. The van der Waals surface area contributed by atoms with Crippen LogP contribution in [-0.2, 0) is 102 Å². The molecule has 8 aromatic rings. The Morgan fingerprint density at radius 3 is 0.792 bits per heavy atom. The number of fused-ring (bicyclic) bond motifs is 4. The molecule has 708 valence electrons. The van der Waals surface area contributed by atoms with Crippen molar-refractivity contribution in [1.82, 2.24) is 82.1 Å². The van der Waals surface area contributed by atoms with E-state index in [9.17, 15) is 66.9 Å². The van der Waals surface area contributed by atoms with Gasteiger partial charge in [0.25, 0.3) is 0 Å². The molecule has 0 unspecified atom stereocenters. The Labute approximate surface area is 751 Å². The maximum absolute atomic E-state index is 15.1. The molecule has 38 heteroatoms. The highest BCUT2D eigenvalue weighted by atomic mass is 19.1. The standard InChI is InChI=1S/C48H64F2N8O10.C44H60F2N8O8/c1-23(51-7)45(61)55-41(25(3)65-9)47(63)57-17-15-39(67-27(5)59)37(57)21-33-31-13-11-29(49)19-35(31)53-43(33)44-34(32-14-12-30(50)20-36(32)54-44)22-38-40(68-28(6)60)16-18-58(38)48(64)42(26(4)66-10)56-46(62)24(2)52-8;1-21(47-5)41(57)51-37(23(3)61-7)43(59)53-15-13-35(55)33(53)19-29-27-11-9-25(45)17-31(27)49-39(29)40-30(28-12-10-26(46)18-32(28)50-40)20-34-36(56)14-16-54(34)44(60)38(24(4)62-8)52-42(58)22(2)48-6/h11-14,19-20,23-26,37-42,51-54H,15-18,21-22H2,1-10H3,(H,55,61)(H,56,62);9-12,17-18,21-24,33-38,47-50,55-56H,13-16,19-20H2,1-8H3,(H,51,57)(H,52,58)/t23-,24-,25+,26+,37+,38+,39-,40-,41-,42-;21-,22-,23+,24+,33+,34+,35-,36-,37-,38-/m00/s1. The molecule has 4 fully saturated rings. The molecule has 4 saturated heterocycles. The number of amides is 8. The van der Waals surface area contributed by atoms with Crippen molar-refractivity contribution in [2.24, 2.45) is 0 Å². The van der Waals surface area contributed by atoms with Crippen LogP contribution in [0.5, 0.6) is 0 Å². The first-order valence-corrected chi connectivity index (χ1v) is 44.0. The molecule has 4 aliphatic heterocycles. The molecule has 0 radical (unpaired) electrons. The van der Waals surface area contributed by atoms with E-state index in [2.05, 4.69) is 62.5 Å². The number of H-pyrrole nitrogens is 4. The molecule has 130 heavy (non-hydrogen) atoms. The van der Waals surface area contributed by atoms with E-state index in [1.165, 1.54) is 90.8 Å². The predicted molar refractivity (Wildman–Crippen MR) is 477 cm³/mol. The number of benzene rings is 4. The number of likely N-dealkylation sites (N-methyl/N-ethyl adjacent to an activating group) is 4. The van der Waals surface area contributed by atoms with Gasteiger partial charge < -0.3 is 121 Å². The van der Waals surface area contributed by atoms with Crippen LogP contribution in [0.15, 0.2) is 72.8 Å². The lowest BCUT2D eigenvalue weighted by molar-refractivity contribution is -0.150. The van der Waals surface area contributed by atoms with Crippen LogP contribution >= 0.6 is 0 Å². The average molecular weight is 1820 g/mol. The Bertz CT molecular complexity index is 5110. The van der Waals surface area contributed by atoms with Crippen molar-refractivity contribution >= 4 is 103 Å². The minimum absolute atomic E-state index is 0.0498. The normalized spacial score (nSPS) is 21.5. The second kappa shape index (κ2) is 43.4. The molecule has 0 spiro atoms. The lowest BCUT2D eigenvalue weighted by atomic mass is 9.93. The number of esters is 2. The van der Waals surface area contributed by atoms with Crippen LogP contribution in [0.3, 0.4) is 0 Å². The summed E-state index contributed by atoms with van der Waals surface area (Å²) in [6, 6.07) is 7.01. The van der Waals surface area contributed by atoms with Crippen LogP contribution in [0, 0.1) is 23.3 Å². The number of methoxy groups -OCH3 is 4. The van der Waals surface area contributed by atoms with Gasteiger partial charge in [-0.1, -0.05) is 0 Å². The number of aromatic nitrogens is 4. The van der Waals surface area contributed by atoms with E-state index >= 15 is 8.78 Å². The number of hydrogen-bond acceptors (Lipinski definition) is 22. The highest BCUT2D eigenvalue weighted by Gasteiger charge is 2.49. The van der Waals surface area contributed by atoms with Crippen molar-refractivity contribution in [1.29, 1.82) is 0 Å². The summed E-state index contributed by atoms with van der Waals surface area (Å²) in [4.78, 5) is 156. The lowest BCUT2D eigenvalue weighted by Crippen LogP contribution is -2.58. The summed E-state index contributed by atoms with van der Waals surface area (Å²) < 4.78 is 94.0. The van der Waals surface area contributed by atoms with Gasteiger partial charge in [-0.15, -0.1) is 0 Å². The topological polar surface area (TPSA) is 439 Å². The molecule has 0 saturated carbocycles. The number of halogens is 4. The molecule has 4 aromatic carbocycles. The Morgan fingerprint density at radius 1 is 0.362 bits per heavy atom. The van der Waals surface area contributed by atoms with Gasteiger partial charge in [0.1, 0.15) is 59.6 Å². The number of carbonyl (C=O) groups is 10. The minimum Gasteiger partial charge on any atom is -0.460 e. The third-order valence-electron chi connectivity index (χ3n) is 26.3. The molecule has 12 rings (SSSR count). The number of rotatable bonds is 36. The van der Waals surface area contributed by atoms with Crippen molar-refractivity contribution in [2.75, 3.05) is 82.8 Å². The maximum atomic E-state index is 15.1. The number of ether oxygens (including phenoxy) is 6. The summed E-state index contributed by atoms with van der Waals surface area (Å²) in [6.07, 6.45) is -5.13. The van der Waals surface area contributed by atoms with Crippen LogP contribution in [0.1, 0.15) is 117 Å². The molecule has 20 atom stereocenters. The lowest BCUT2D eigenvalue weighted by Gasteiger charge is -2.34. The molecule has 4 aliphatic rings. The average Bonchev–Trinajstić information content (AvgIpc) is 1.59. The van der Waals surface area contributed by atoms with E-state index in [0.29, 0.717) is 88.6 Å². The Balaban J connectivity index is 0.000000252. The van der Waals surface area contributed by atoms with Crippen LogP contribution < -0.4 is 42.5 Å². The summed E-state index contributed by atoms with van der Waals surface area (Å²) in [5, 5.41) is 48.2. The monoisotopic (exact) mass is 1820 g/mol. The van der Waals surface area contributed by atoms with Gasteiger partial charge >= 0.3 is 11.9 Å². The number of nitrogens with one attached hydrogen (secondary N) is 12. The number of nitrogens with zero attached hydrogens (tertiary/aromatic N) is 4. The molecular formula is C92H124F4N16O18. The van der Waals surface area contributed by atoms with Gasteiger partial charge in [0, 0.05) is 125 Å². The van der Waals surface area contributed by atoms with Crippen molar-refractivity contribution < 1.29 is 104 Å². The molecule has 0 bridgehead atoms. The van der Waals surface area contributed by atoms with Gasteiger partial charge in [-0.3, -0.25) is 47.9 Å². The van der Waals surface area contributed by atoms with Crippen LogP contribution in [0.25, 0.3) is 66.4 Å².